The Morgan fingerprint density at radius 3 is 2.36 bits per heavy atom. The van der Waals surface area contributed by atoms with Crippen molar-refractivity contribution in [1.29, 1.82) is 5.41 Å². The molecule has 4 N–H and O–H groups in total. The molecule has 1 aliphatic rings. The smallest absolute Gasteiger partial charge is 0.270 e. The fraction of sp³-hybridized carbons (Fsp3) is 0.192. The van der Waals surface area contributed by atoms with E-state index < -0.39 is 6.10 Å². The lowest BCUT2D eigenvalue weighted by Crippen LogP contribution is -2.35. The number of para-hydroxylation sites is 1. The van der Waals surface area contributed by atoms with Gasteiger partial charge in [0.2, 0.25) is 12.0 Å². The first kappa shape index (κ1) is 22.1. The average molecular weight is 443 g/mol. The molecule has 0 radical (unpaired) electrons. The van der Waals surface area contributed by atoms with E-state index in [2.05, 4.69) is 5.32 Å². The summed E-state index contributed by atoms with van der Waals surface area (Å²) in [6.07, 6.45) is 1.53. The highest BCUT2D eigenvalue weighted by Gasteiger charge is 2.25. The number of hydrogen-bond acceptors (Lipinski definition) is 4. The van der Waals surface area contributed by atoms with Crippen molar-refractivity contribution in [3.05, 3.63) is 90.0 Å². The second-order valence-electron chi connectivity index (χ2n) is 7.86. The van der Waals surface area contributed by atoms with Gasteiger partial charge in [-0.1, -0.05) is 42.5 Å². The molecule has 0 spiro atoms. The highest BCUT2D eigenvalue weighted by atomic mass is 16.5. The van der Waals surface area contributed by atoms with Crippen LogP contribution in [0.5, 0.6) is 5.75 Å². The summed E-state index contributed by atoms with van der Waals surface area (Å²) in [5.41, 5.74) is 8.20. The summed E-state index contributed by atoms with van der Waals surface area (Å²) >= 11 is 0. The van der Waals surface area contributed by atoms with Crippen LogP contribution in [0.2, 0.25) is 0 Å². The minimum Gasteiger partial charge on any atom is -0.475 e. The normalized spacial score (nSPS) is 14.4. The molecule has 7 heteroatoms. The molecule has 7 nitrogen and oxygen atoms in total. The number of benzene rings is 3. The van der Waals surface area contributed by atoms with Gasteiger partial charge in [-0.15, -0.1) is 0 Å². The number of carbonyl (C=O) groups excluding carboxylic acids is 2. The lowest BCUT2D eigenvalue weighted by atomic mass is 10.1. The molecule has 4 rings (SSSR count). The summed E-state index contributed by atoms with van der Waals surface area (Å²) < 4.78 is 6.07. The van der Waals surface area contributed by atoms with Crippen LogP contribution in [0.1, 0.15) is 36.5 Å². The van der Waals surface area contributed by atoms with E-state index in [0.717, 1.165) is 18.5 Å². The Bertz CT molecular complexity index is 1150. The van der Waals surface area contributed by atoms with E-state index in [9.17, 15) is 9.59 Å². The third kappa shape index (κ3) is 5.20. The number of nitrogens with one attached hydrogen (secondary N) is 2. The van der Waals surface area contributed by atoms with Crippen LogP contribution in [0, 0.1) is 5.41 Å². The van der Waals surface area contributed by atoms with E-state index in [1.54, 1.807) is 41.3 Å². The zero-order chi connectivity index (χ0) is 23.2. The minimum absolute atomic E-state index is 0.125. The molecule has 0 bridgehead atoms. The topological polar surface area (TPSA) is 109 Å². The zero-order valence-electron chi connectivity index (χ0n) is 18.2. The number of amidine groups is 1. The van der Waals surface area contributed by atoms with E-state index in [-0.39, 0.29) is 17.6 Å². The summed E-state index contributed by atoms with van der Waals surface area (Å²) in [6.45, 7) is 0.712. The molecule has 1 heterocycles. The van der Waals surface area contributed by atoms with Crippen molar-refractivity contribution in [2.24, 2.45) is 5.73 Å². The van der Waals surface area contributed by atoms with E-state index >= 15 is 0 Å². The van der Waals surface area contributed by atoms with Crippen LogP contribution in [0.3, 0.4) is 0 Å². The van der Waals surface area contributed by atoms with Gasteiger partial charge in [0.25, 0.3) is 5.91 Å². The summed E-state index contributed by atoms with van der Waals surface area (Å²) in [5.74, 6) is -0.0188. The Morgan fingerprint density at radius 1 is 0.970 bits per heavy atom. The second kappa shape index (κ2) is 9.99. The van der Waals surface area contributed by atoms with Crippen molar-refractivity contribution in [3.63, 3.8) is 0 Å². The number of anilines is 2. The standard InChI is InChI=1S/C26H26N4O3/c27-25(28)21-10-4-5-11-22(21)33-24(18-8-2-1-3-9-18)26(32)29-19-13-15-20(16-14-19)30-17-7-6-12-23(30)31/h1-5,8-11,13-16,24H,6-7,12,17H2,(H3,27,28)(H,29,32). The summed E-state index contributed by atoms with van der Waals surface area (Å²) in [4.78, 5) is 27.2. The number of amides is 2. The molecular formula is C26H26N4O3. The number of piperidine rings is 1. The van der Waals surface area contributed by atoms with E-state index in [1.807, 2.05) is 42.5 Å². The number of nitrogen functional groups attached to an aromatic ring is 1. The largest absolute Gasteiger partial charge is 0.475 e. The van der Waals surface area contributed by atoms with Gasteiger partial charge in [0.1, 0.15) is 11.6 Å². The van der Waals surface area contributed by atoms with Gasteiger partial charge in [0, 0.05) is 29.9 Å². The molecule has 0 aromatic heterocycles. The number of rotatable bonds is 7. The van der Waals surface area contributed by atoms with Crippen molar-refractivity contribution in [3.8, 4) is 5.75 Å². The maximum atomic E-state index is 13.3. The molecule has 1 fully saturated rings. The van der Waals surface area contributed by atoms with Crippen molar-refractivity contribution >= 4 is 29.0 Å². The minimum atomic E-state index is -0.949. The first-order chi connectivity index (χ1) is 16.0. The van der Waals surface area contributed by atoms with Gasteiger partial charge in [-0.2, -0.15) is 0 Å². The second-order valence-corrected chi connectivity index (χ2v) is 7.86. The molecular weight excluding hydrogens is 416 g/mol. The first-order valence-corrected chi connectivity index (χ1v) is 10.9. The van der Waals surface area contributed by atoms with Crippen molar-refractivity contribution in [1.82, 2.24) is 0 Å². The Balaban J connectivity index is 1.55. The molecule has 1 atom stereocenters. The van der Waals surface area contributed by atoms with Gasteiger partial charge in [-0.3, -0.25) is 15.0 Å². The first-order valence-electron chi connectivity index (χ1n) is 10.9. The highest BCUT2D eigenvalue weighted by Crippen LogP contribution is 2.28. The highest BCUT2D eigenvalue weighted by molar-refractivity contribution is 5.99. The molecule has 0 saturated carbocycles. The lowest BCUT2D eigenvalue weighted by molar-refractivity contribution is -0.123. The lowest BCUT2D eigenvalue weighted by Gasteiger charge is -2.27. The van der Waals surface area contributed by atoms with Gasteiger partial charge in [-0.05, 0) is 49.2 Å². The van der Waals surface area contributed by atoms with Crippen molar-refractivity contribution < 1.29 is 14.3 Å². The fourth-order valence-corrected chi connectivity index (χ4v) is 3.83. The molecule has 168 valence electrons. The molecule has 1 aliphatic heterocycles. The van der Waals surface area contributed by atoms with E-state index in [1.165, 1.54) is 0 Å². The fourth-order valence-electron chi connectivity index (χ4n) is 3.83. The van der Waals surface area contributed by atoms with Gasteiger partial charge in [-0.25, -0.2) is 0 Å². The maximum Gasteiger partial charge on any atom is 0.270 e. The zero-order valence-corrected chi connectivity index (χ0v) is 18.2. The SMILES string of the molecule is N=C(N)c1ccccc1OC(C(=O)Nc1ccc(N2CCCCC2=O)cc1)c1ccccc1. The molecule has 1 unspecified atom stereocenters. The third-order valence-electron chi connectivity index (χ3n) is 5.53. The van der Waals surface area contributed by atoms with Crippen LogP contribution in [0.4, 0.5) is 11.4 Å². The van der Waals surface area contributed by atoms with Gasteiger partial charge < -0.3 is 20.7 Å². The van der Waals surface area contributed by atoms with Gasteiger partial charge >= 0.3 is 0 Å². The monoisotopic (exact) mass is 442 g/mol. The third-order valence-corrected chi connectivity index (χ3v) is 5.53. The number of nitrogens with zero attached hydrogens (tertiary/aromatic N) is 1. The van der Waals surface area contributed by atoms with Crippen LogP contribution in [-0.4, -0.2) is 24.2 Å². The van der Waals surface area contributed by atoms with Crippen LogP contribution in [-0.2, 0) is 9.59 Å². The Kier molecular flexibility index (Phi) is 6.69. The average Bonchev–Trinajstić information content (AvgIpc) is 2.84. The van der Waals surface area contributed by atoms with E-state index in [0.29, 0.717) is 35.5 Å². The van der Waals surface area contributed by atoms with Crippen molar-refractivity contribution in [2.45, 2.75) is 25.4 Å². The molecule has 3 aromatic rings. The molecule has 2 amide bonds. The molecule has 1 saturated heterocycles. The predicted molar refractivity (Wildman–Crippen MR) is 129 cm³/mol. The Morgan fingerprint density at radius 2 is 1.67 bits per heavy atom. The van der Waals surface area contributed by atoms with Crippen molar-refractivity contribution in [2.75, 3.05) is 16.8 Å². The Hall–Kier alpha value is -4.13. The number of nitrogens with two attached hydrogens (primary N) is 1. The molecule has 3 aromatic carbocycles. The number of hydrogen-bond donors (Lipinski definition) is 3. The van der Waals surface area contributed by atoms with Crippen LogP contribution in [0.25, 0.3) is 0 Å². The molecule has 0 aliphatic carbocycles. The van der Waals surface area contributed by atoms with Crippen LogP contribution < -0.4 is 20.7 Å². The number of carbonyl (C=O) groups is 2. The van der Waals surface area contributed by atoms with Crippen LogP contribution in [0.15, 0.2) is 78.9 Å². The molecule has 33 heavy (non-hydrogen) atoms. The van der Waals surface area contributed by atoms with E-state index in [4.69, 9.17) is 15.9 Å². The summed E-state index contributed by atoms with van der Waals surface area (Å²) in [6, 6.07) is 23.3. The van der Waals surface area contributed by atoms with Crippen LogP contribution >= 0.6 is 0 Å². The summed E-state index contributed by atoms with van der Waals surface area (Å²) in [5, 5.41) is 10.7. The number of ether oxygens (including phenoxy) is 1. The quantitative estimate of drug-likeness (QED) is 0.375. The van der Waals surface area contributed by atoms with Gasteiger partial charge in [0.15, 0.2) is 0 Å². The maximum absolute atomic E-state index is 13.3. The Labute approximate surface area is 192 Å². The van der Waals surface area contributed by atoms with Gasteiger partial charge in [0.05, 0.1) is 5.56 Å². The summed E-state index contributed by atoms with van der Waals surface area (Å²) in [7, 11) is 0. The predicted octanol–water partition coefficient (Wildman–Crippen LogP) is 4.25.